The SMILES string of the molecule is ClC1CCN2CCc3ccccc3C2C1. The first-order chi connectivity index (χ1) is 7.34. The van der Waals surface area contributed by atoms with E-state index in [2.05, 4.69) is 29.2 Å². The van der Waals surface area contributed by atoms with Crippen molar-refractivity contribution in [2.24, 2.45) is 0 Å². The molecule has 80 valence electrons. The predicted molar refractivity (Wildman–Crippen MR) is 63.3 cm³/mol. The molecule has 1 fully saturated rings. The molecular weight excluding hydrogens is 206 g/mol. The molecule has 0 N–H and O–H groups in total. The largest absolute Gasteiger partial charge is 0.296 e. The van der Waals surface area contributed by atoms with Crippen LogP contribution in [0.15, 0.2) is 24.3 Å². The van der Waals surface area contributed by atoms with Crippen LogP contribution in [-0.4, -0.2) is 23.4 Å². The fourth-order valence-corrected chi connectivity index (χ4v) is 3.18. The fourth-order valence-electron chi connectivity index (χ4n) is 2.91. The summed E-state index contributed by atoms with van der Waals surface area (Å²) in [5.41, 5.74) is 3.05. The summed E-state index contributed by atoms with van der Waals surface area (Å²) in [4.78, 5) is 2.60. The van der Waals surface area contributed by atoms with Crippen LogP contribution in [0, 0.1) is 0 Å². The Hall–Kier alpha value is -0.530. The number of alkyl halides is 1. The van der Waals surface area contributed by atoms with Crippen LogP contribution in [0.4, 0.5) is 0 Å². The van der Waals surface area contributed by atoms with Crippen LogP contribution in [0.25, 0.3) is 0 Å². The third-order valence-electron chi connectivity index (χ3n) is 3.73. The maximum atomic E-state index is 6.28. The van der Waals surface area contributed by atoms with E-state index >= 15 is 0 Å². The van der Waals surface area contributed by atoms with Gasteiger partial charge >= 0.3 is 0 Å². The Morgan fingerprint density at radius 3 is 3.00 bits per heavy atom. The summed E-state index contributed by atoms with van der Waals surface area (Å²) < 4.78 is 0. The van der Waals surface area contributed by atoms with Gasteiger partial charge in [0.15, 0.2) is 0 Å². The molecular formula is C13H16ClN. The van der Waals surface area contributed by atoms with Crippen molar-refractivity contribution in [3.8, 4) is 0 Å². The lowest BCUT2D eigenvalue weighted by Gasteiger charge is -2.42. The molecule has 1 saturated heterocycles. The van der Waals surface area contributed by atoms with Crippen LogP contribution < -0.4 is 0 Å². The maximum absolute atomic E-state index is 6.28. The number of piperidine rings is 1. The molecule has 3 rings (SSSR count). The Bertz CT molecular complexity index is 363. The van der Waals surface area contributed by atoms with Crippen LogP contribution in [0.3, 0.4) is 0 Å². The Labute approximate surface area is 96.0 Å². The first-order valence-electron chi connectivity index (χ1n) is 5.80. The summed E-state index contributed by atoms with van der Waals surface area (Å²) in [6.07, 6.45) is 3.48. The van der Waals surface area contributed by atoms with Crippen molar-refractivity contribution in [2.75, 3.05) is 13.1 Å². The van der Waals surface area contributed by atoms with Crippen LogP contribution in [0.1, 0.15) is 30.0 Å². The summed E-state index contributed by atoms with van der Waals surface area (Å²) in [6.45, 7) is 2.39. The lowest BCUT2D eigenvalue weighted by atomic mass is 9.87. The van der Waals surface area contributed by atoms with Crippen molar-refractivity contribution in [1.29, 1.82) is 0 Å². The predicted octanol–water partition coefficient (Wildman–Crippen LogP) is 2.99. The topological polar surface area (TPSA) is 3.24 Å². The molecule has 0 aliphatic carbocycles. The van der Waals surface area contributed by atoms with E-state index in [4.69, 9.17) is 11.6 Å². The standard InChI is InChI=1S/C13H16ClN/c14-11-6-8-15-7-5-10-3-1-2-4-12(10)13(15)9-11/h1-4,11,13H,5-9H2. The number of rotatable bonds is 0. The highest BCUT2D eigenvalue weighted by Crippen LogP contribution is 2.37. The first kappa shape index (κ1) is 9.68. The zero-order valence-corrected chi connectivity index (χ0v) is 9.58. The third-order valence-corrected chi connectivity index (χ3v) is 4.13. The zero-order chi connectivity index (χ0) is 10.3. The summed E-state index contributed by atoms with van der Waals surface area (Å²) in [7, 11) is 0. The van der Waals surface area contributed by atoms with E-state index in [1.165, 1.54) is 30.6 Å². The molecule has 2 atom stereocenters. The molecule has 0 aromatic heterocycles. The van der Waals surface area contributed by atoms with Crippen LogP contribution in [0.2, 0.25) is 0 Å². The van der Waals surface area contributed by atoms with E-state index in [-0.39, 0.29) is 0 Å². The number of benzene rings is 1. The van der Waals surface area contributed by atoms with Gasteiger partial charge in [-0.25, -0.2) is 0 Å². The zero-order valence-electron chi connectivity index (χ0n) is 8.82. The number of fused-ring (bicyclic) bond motifs is 3. The molecule has 0 radical (unpaired) electrons. The molecule has 2 aliphatic heterocycles. The second-order valence-electron chi connectivity index (χ2n) is 4.62. The average molecular weight is 222 g/mol. The second kappa shape index (κ2) is 3.80. The molecule has 2 heterocycles. The van der Waals surface area contributed by atoms with Gasteiger partial charge < -0.3 is 0 Å². The minimum absolute atomic E-state index is 0.373. The van der Waals surface area contributed by atoms with Crippen molar-refractivity contribution >= 4 is 11.6 Å². The molecule has 2 heteroatoms. The van der Waals surface area contributed by atoms with Gasteiger partial charge in [-0.05, 0) is 30.4 Å². The van der Waals surface area contributed by atoms with Crippen molar-refractivity contribution in [3.05, 3.63) is 35.4 Å². The monoisotopic (exact) mass is 221 g/mol. The highest BCUT2D eigenvalue weighted by Gasteiger charge is 2.32. The van der Waals surface area contributed by atoms with Crippen LogP contribution >= 0.6 is 11.6 Å². The fraction of sp³-hybridized carbons (Fsp3) is 0.538. The van der Waals surface area contributed by atoms with Gasteiger partial charge in [-0.2, -0.15) is 0 Å². The van der Waals surface area contributed by atoms with Crippen LogP contribution in [0.5, 0.6) is 0 Å². The van der Waals surface area contributed by atoms with E-state index in [0.29, 0.717) is 11.4 Å². The summed E-state index contributed by atoms with van der Waals surface area (Å²) >= 11 is 6.28. The lowest BCUT2D eigenvalue weighted by molar-refractivity contribution is 0.141. The van der Waals surface area contributed by atoms with Gasteiger partial charge in [-0.15, -0.1) is 11.6 Å². The van der Waals surface area contributed by atoms with Gasteiger partial charge in [-0.1, -0.05) is 24.3 Å². The summed E-state index contributed by atoms with van der Waals surface area (Å²) in [5, 5.41) is 0.373. The van der Waals surface area contributed by atoms with Crippen molar-refractivity contribution in [3.63, 3.8) is 0 Å². The number of hydrogen-bond acceptors (Lipinski definition) is 1. The number of halogens is 1. The highest BCUT2D eigenvalue weighted by molar-refractivity contribution is 6.20. The van der Waals surface area contributed by atoms with Gasteiger partial charge in [0.25, 0.3) is 0 Å². The quantitative estimate of drug-likeness (QED) is 0.609. The molecule has 0 saturated carbocycles. The van der Waals surface area contributed by atoms with Gasteiger partial charge in [0.1, 0.15) is 0 Å². The minimum Gasteiger partial charge on any atom is -0.296 e. The van der Waals surface area contributed by atoms with Gasteiger partial charge in [0.05, 0.1) is 0 Å². The van der Waals surface area contributed by atoms with E-state index in [9.17, 15) is 0 Å². The highest BCUT2D eigenvalue weighted by atomic mass is 35.5. The normalized spacial score (nSPS) is 30.7. The number of hydrogen-bond donors (Lipinski definition) is 0. The van der Waals surface area contributed by atoms with Crippen molar-refractivity contribution in [2.45, 2.75) is 30.7 Å². The Balaban J connectivity index is 1.96. The minimum atomic E-state index is 0.373. The van der Waals surface area contributed by atoms with E-state index in [1.807, 2.05) is 0 Å². The molecule has 2 aliphatic rings. The third kappa shape index (κ3) is 1.68. The molecule has 0 spiro atoms. The summed E-state index contributed by atoms with van der Waals surface area (Å²) in [5.74, 6) is 0. The Kier molecular flexibility index (Phi) is 2.45. The molecule has 1 nitrogen and oxygen atoms in total. The maximum Gasteiger partial charge on any atom is 0.0366 e. The molecule has 2 unspecified atom stereocenters. The van der Waals surface area contributed by atoms with Crippen LogP contribution in [-0.2, 0) is 6.42 Å². The van der Waals surface area contributed by atoms with E-state index in [0.717, 1.165) is 12.8 Å². The first-order valence-corrected chi connectivity index (χ1v) is 6.24. The molecule has 0 amide bonds. The van der Waals surface area contributed by atoms with E-state index in [1.54, 1.807) is 0 Å². The van der Waals surface area contributed by atoms with Gasteiger partial charge in [-0.3, -0.25) is 4.90 Å². The molecule has 1 aromatic rings. The number of nitrogens with zero attached hydrogens (tertiary/aromatic N) is 1. The smallest absolute Gasteiger partial charge is 0.0366 e. The molecule has 15 heavy (non-hydrogen) atoms. The second-order valence-corrected chi connectivity index (χ2v) is 5.24. The lowest BCUT2D eigenvalue weighted by Crippen LogP contribution is -2.41. The van der Waals surface area contributed by atoms with Crippen molar-refractivity contribution in [1.82, 2.24) is 4.90 Å². The molecule has 0 bridgehead atoms. The Morgan fingerprint density at radius 1 is 1.20 bits per heavy atom. The van der Waals surface area contributed by atoms with Crippen molar-refractivity contribution < 1.29 is 0 Å². The van der Waals surface area contributed by atoms with E-state index < -0.39 is 0 Å². The molecule has 1 aromatic carbocycles. The van der Waals surface area contributed by atoms with Gasteiger partial charge in [0, 0.05) is 24.5 Å². The summed E-state index contributed by atoms with van der Waals surface area (Å²) in [6, 6.07) is 9.44. The average Bonchev–Trinajstić information content (AvgIpc) is 2.29. The van der Waals surface area contributed by atoms with Gasteiger partial charge in [0.2, 0.25) is 0 Å². The Morgan fingerprint density at radius 2 is 2.07 bits per heavy atom.